The summed E-state index contributed by atoms with van der Waals surface area (Å²) in [5.41, 5.74) is 2.67. The maximum absolute atomic E-state index is 13.7. The van der Waals surface area contributed by atoms with Crippen molar-refractivity contribution in [2.75, 3.05) is 36.8 Å². The van der Waals surface area contributed by atoms with E-state index >= 15 is 0 Å². The molecule has 0 spiro atoms. The average Bonchev–Trinajstić information content (AvgIpc) is 2.91. The maximum Gasteiger partial charge on any atom is 0.326 e. The molecular weight excluding hydrogens is 533 g/mol. The third-order valence-electron chi connectivity index (χ3n) is 7.91. The van der Waals surface area contributed by atoms with Gasteiger partial charge in [-0.3, -0.25) is 0 Å². The van der Waals surface area contributed by atoms with E-state index in [1.165, 1.54) is 23.8 Å². The largest absolute Gasteiger partial charge is 0.480 e. The van der Waals surface area contributed by atoms with Crippen LogP contribution in [0.3, 0.4) is 0 Å². The summed E-state index contributed by atoms with van der Waals surface area (Å²) in [6, 6.07) is 7.36. The summed E-state index contributed by atoms with van der Waals surface area (Å²) in [5, 5.41) is 16.9. The minimum absolute atomic E-state index is 0.0991. The number of aliphatic carboxylic acids is 1. The normalized spacial score (nSPS) is 17.1. The maximum atomic E-state index is 13.7. The number of benzene rings is 1. The first-order valence-corrected chi connectivity index (χ1v) is 14.4. The summed E-state index contributed by atoms with van der Waals surface area (Å²) in [6.07, 6.45) is 4.73. The highest BCUT2D eigenvalue weighted by Crippen LogP contribution is 2.42. The molecule has 220 valence electrons. The fourth-order valence-electron chi connectivity index (χ4n) is 5.79. The van der Waals surface area contributed by atoms with Crippen LogP contribution in [0.2, 0.25) is 0 Å². The summed E-state index contributed by atoms with van der Waals surface area (Å²) < 4.78 is 40.8. The Morgan fingerprint density at radius 1 is 1.17 bits per heavy atom. The molecule has 1 aliphatic carbocycles. The molecule has 0 saturated heterocycles. The zero-order valence-electron chi connectivity index (χ0n) is 23.3. The molecule has 1 fully saturated rings. The number of rotatable bonds is 13. The Labute approximate surface area is 237 Å². The van der Waals surface area contributed by atoms with Gasteiger partial charge >= 0.3 is 5.97 Å². The Morgan fingerprint density at radius 3 is 2.78 bits per heavy atom. The number of hydrogen-bond acceptors (Lipinski definition) is 7. The van der Waals surface area contributed by atoms with Gasteiger partial charge in [0.05, 0.1) is 5.52 Å². The lowest BCUT2D eigenvalue weighted by Crippen LogP contribution is -2.44. The number of aryl methyl sites for hydroxylation is 3. The van der Waals surface area contributed by atoms with Gasteiger partial charge < -0.3 is 20.6 Å². The van der Waals surface area contributed by atoms with E-state index in [4.69, 9.17) is 4.98 Å². The molecule has 11 heteroatoms. The molecule has 3 aromatic rings. The summed E-state index contributed by atoms with van der Waals surface area (Å²) in [7, 11) is 0. The number of aromatic nitrogens is 3. The van der Waals surface area contributed by atoms with Crippen LogP contribution in [0.1, 0.15) is 55.6 Å². The molecule has 1 aliphatic heterocycles. The van der Waals surface area contributed by atoms with Crippen LogP contribution < -0.4 is 10.6 Å². The number of pyridine rings is 1. The molecule has 0 amide bonds. The number of halogens is 3. The van der Waals surface area contributed by atoms with E-state index in [0.717, 1.165) is 50.2 Å². The van der Waals surface area contributed by atoms with Crippen molar-refractivity contribution in [2.45, 2.75) is 70.3 Å². The summed E-state index contributed by atoms with van der Waals surface area (Å²) >= 11 is 0. The van der Waals surface area contributed by atoms with Gasteiger partial charge in [0.25, 0.3) is 0 Å². The van der Waals surface area contributed by atoms with Crippen LogP contribution in [0, 0.1) is 18.7 Å². The molecule has 0 radical (unpaired) electrons. The van der Waals surface area contributed by atoms with Gasteiger partial charge in [0.1, 0.15) is 29.3 Å². The average molecular weight is 571 g/mol. The first kappa shape index (κ1) is 29.0. The molecule has 2 aromatic heterocycles. The topological polar surface area (TPSA) is 103 Å². The predicted octanol–water partition coefficient (Wildman–Crippen LogP) is 5.46. The van der Waals surface area contributed by atoms with Crippen LogP contribution in [-0.2, 0) is 17.6 Å². The zero-order valence-corrected chi connectivity index (χ0v) is 23.3. The second-order valence-corrected chi connectivity index (χ2v) is 11.3. The van der Waals surface area contributed by atoms with Crippen molar-refractivity contribution in [3.8, 4) is 0 Å². The Morgan fingerprint density at radius 2 is 2.00 bits per heavy atom. The Bertz CT molecular complexity index is 1370. The Kier molecular flexibility index (Phi) is 8.91. The second-order valence-electron chi connectivity index (χ2n) is 11.3. The number of carbonyl (C=O) groups is 1. The third-order valence-corrected chi connectivity index (χ3v) is 7.91. The van der Waals surface area contributed by atoms with E-state index in [0.29, 0.717) is 42.2 Å². The van der Waals surface area contributed by atoms with Gasteiger partial charge in [0.15, 0.2) is 0 Å². The first-order valence-electron chi connectivity index (χ1n) is 14.4. The lowest BCUT2D eigenvalue weighted by atomic mass is 9.81. The summed E-state index contributed by atoms with van der Waals surface area (Å²) in [6.45, 7) is 4.24. The molecule has 5 rings (SSSR count). The van der Waals surface area contributed by atoms with Crippen molar-refractivity contribution in [1.29, 1.82) is 0 Å². The monoisotopic (exact) mass is 570 g/mol. The van der Waals surface area contributed by atoms with E-state index in [2.05, 4.69) is 37.6 Å². The zero-order chi connectivity index (χ0) is 29.0. The molecule has 2 aliphatic rings. The predicted molar refractivity (Wildman–Crippen MR) is 152 cm³/mol. The lowest BCUT2D eigenvalue weighted by Gasteiger charge is -2.38. The van der Waals surface area contributed by atoms with Gasteiger partial charge in [-0.15, -0.1) is 0 Å². The van der Waals surface area contributed by atoms with E-state index in [9.17, 15) is 23.1 Å². The highest BCUT2D eigenvalue weighted by molar-refractivity contribution is 5.91. The summed E-state index contributed by atoms with van der Waals surface area (Å²) in [5.74, 6) is -2.47. The quantitative estimate of drug-likeness (QED) is 0.233. The number of nitrogens with zero attached hydrogens (tertiary/aromatic N) is 4. The summed E-state index contributed by atoms with van der Waals surface area (Å²) in [4.78, 5) is 27.7. The number of nitrogens with one attached hydrogen (secondary N) is 2. The first-order chi connectivity index (χ1) is 19.6. The molecular formula is C30H37F3N6O2. The highest BCUT2D eigenvalue weighted by atomic mass is 19.3. The number of alkyl halides is 2. The minimum atomic E-state index is -2.60. The number of carboxylic acids is 1. The van der Waals surface area contributed by atoms with Crippen molar-refractivity contribution in [3.05, 3.63) is 53.2 Å². The van der Waals surface area contributed by atoms with Crippen LogP contribution in [0.5, 0.6) is 0 Å². The van der Waals surface area contributed by atoms with Crippen LogP contribution in [0.4, 0.5) is 24.8 Å². The van der Waals surface area contributed by atoms with Crippen LogP contribution >= 0.6 is 0 Å². The number of anilines is 2. The molecule has 1 unspecified atom stereocenters. The van der Waals surface area contributed by atoms with E-state index in [1.54, 1.807) is 6.92 Å². The molecule has 0 bridgehead atoms. The van der Waals surface area contributed by atoms with Crippen molar-refractivity contribution < 1.29 is 23.1 Å². The van der Waals surface area contributed by atoms with Crippen LogP contribution in [-0.4, -0.2) is 69.1 Å². The van der Waals surface area contributed by atoms with Gasteiger partial charge in [0, 0.05) is 49.6 Å². The van der Waals surface area contributed by atoms with E-state index in [1.807, 2.05) is 0 Å². The van der Waals surface area contributed by atoms with Gasteiger partial charge in [0.2, 0.25) is 5.92 Å². The molecule has 3 N–H and O–H groups in total. The second kappa shape index (κ2) is 12.6. The number of unbranched alkanes of at least 4 members (excludes halogenated alkanes) is 1. The van der Waals surface area contributed by atoms with Crippen LogP contribution in [0.25, 0.3) is 10.9 Å². The Hall–Kier alpha value is -3.47. The van der Waals surface area contributed by atoms with Gasteiger partial charge in [-0.25, -0.2) is 32.9 Å². The SMILES string of the molecule is Cc1nc(NC(CCN(CCCCc2ccc3c(n2)NCCC3)CC2CC(F)(F)C2)C(=O)O)c2ccc(F)cc2n1. The lowest BCUT2D eigenvalue weighted by molar-refractivity contribution is -0.138. The molecule has 41 heavy (non-hydrogen) atoms. The standard InChI is InChI=1S/C30H37F3N6O2/c1-19-35-26-15-22(31)8-10-24(26)28(36-19)38-25(29(40)41)11-14-39(18-20-16-30(32,33)17-20)13-3-2-6-23-9-7-21-5-4-12-34-27(21)37-23/h7-10,15,20,25H,2-6,11-14,16-18H2,1H3,(H,34,37)(H,40,41)(H,35,36,38). The molecule has 3 heterocycles. The molecule has 8 nitrogen and oxygen atoms in total. The van der Waals surface area contributed by atoms with Crippen LogP contribution in [0.15, 0.2) is 30.3 Å². The smallest absolute Gasteiger partial charge is 0.326 e. The highest BCUT2D eigenvalue weighted by Gasteiger charge is 2.45. The molecule has 1 aromatic carbocycles. The van der Waals surface area contributed by atoms with Gasteiger partial charge in [-0.2, -0.15) is 0 Å². The fourth-order valence-corrected chi connectivity index (χ4v) is 5.79. The third kappa shape index (κ3) is 7.63. The minimum Gasteiger partial charge on any atom is -0.480 e. The van der Waals surface area contributed by atoms with Crippen molar-refractivity contribution in [2.24, 2.45) is 5.92 Å². The number of carboxylic acid groups (broad SMARTS) is 1. The van der Waals surface area contributed by atoms with Gasteiger partial charge in [-0.1, -0.05) is 6.07 Å². The number of hydrogen-bond donors (Lipinski definition) is 3. The van der Waals surface area contributed by atoms with E-state index < -0.39 is 23.8 Å². The Balaban J connectivity index is 1.20. The molecule has 1 atom stereocenters. The van der Waals surface area contributed by atoms with Crippen molar-refractivity contribution in [1.82, 2.24) is 19.9 Å². The number of fused-ring (bicyclic) bond motifs is 2. The fraction of sp³-hybridized carbons (Fsp3) is 0.533. The van der Waals surface area contributed by atoms with Crippen molar-refractivity contribution >= 4 is 28.5 Å². The van der Waals surface area contributed by atoms with E-state index in [-0.39, 0.29) is 25.2 Å². The molecule has 1 saturated carbocycles. The van der Waals surface area contributed by atoms with Gasteiger partial charge in [-0.05, 0) is 81.7 Å². The van der Waals surface area contributed by atoms with Crippen molar-refractivity contribution in [3.63, 3.8) is 0 Å².